The van der Waals surface area contributed by atoms with Crippen molar-refractivity contribution in [3.8, 4) is 5.75 Å². The average Bonchev–Trinajstić information content (AvgIpc) is 2.53. The standard InChI is InChI=1S/C18H30N2O/c1-3-20-18(11-10-15-8-6-5-7-9-15)16-12-17(21-4-2)14-19-13-16/h12-15,18,20H,3-11H2,1-2H3. The normalized spacial score (nSPS) is 17.6. The Hall–Kier alpha value is -1.09. The van der Waals surface area contributed by atoms with Gasteiger partial charge < -0.3 is 10.1 Å². The zero-order valence-electron chi connectivity index (χ0n) is 13.6. The Kier molecular flexibility index (Phi) is 7.01. The predicted molar refractivity (Wildman–Crippen MR) is 87.6 cm³/mol. The summed E-state index contributed by atoms with van der Waals surface area (Å²) in [5.74, 6) is 1.82. The van der Waals surface area contributed by atoms with E-state index in [-0.39, 0.29) is 0 Å². The van der Waals surface area contributed by atoms with Crippen LogP contribution in [0.4, 0.5) is 0 Å². The van der Waals surface area contributed by atoms with Crippen LogP contribution in [0.15, 0.2) is 18.5 Å². The van der Waals surface area contributed by atoms with Crippen molar-refractivity contribution in [2.45, 2.75) is 64.8 Å². The van der Waals surface area contributed by atoms with E-state index in [1.54, 1.807) is 6.20 Å². The van der Waals surface area contributed by atoms with Gasteiger partial charge in [0.1, 0.15) is 5.75 Å². The van der Waals surface area contributed by atoms with Gasteiger partial charge in [0.15, 0.2) is 0 Å². The van der Waals surface area contributed by atoms with Crippen LogP contribution in [-0.2, 0) is 0 Å². The average molecular weight is 290 g/mol. The molecule has 3 heteroatoms. The molecule has 0 amide bonds. The molecule has 0 radical (unpaired) electrons. The first kappa shape index (κ1) is 16.3. The Morgan fingerprint density at radius 3 is 2.76 bits per heavy atom. The van der Waals surface area contributed by atoms with E-state index in [2.05, 4.69) is 23.3 Å². The van der Waals surface area contributed by atoms with E-state index in [4.69, 9.17) is 4.74 Å². The number of pyridine rings is 1. The van der Waals surface area contributed by atoms with Gasteiger partial charge in [-0.2, -0.15) is 0 Å². The van der Waals surface area contributed by atoms with Gasteiger partial charge in [-0.15, -0.1) is 0 Å². The van der Waals surface area contributed by atoms with Crippen molar-refractivity contribution in [1.29, 1.82) is 0 Å². The highest BCUT2D eigenvalue weighted by atomic mass is 16.5. The fourth-order valence-corrected chi connectivity index (χ4v) is 3.38. The maximum absolute atomic E-state index is 5.58. The fraction of sp³-hybridized carbons (Fsp3) is 0.722. The van der Waals surface area contributed by atoms with Crippen molar-refractivity contribution >= 4 is 0 Å². The molecule has 1 heterocycles. The van der Waals surface area contributed by atoms with Gasteiger partial charge in [0.05, 0.1) is 12.8 Å². The first-order valence-electron chi connectivity index (χ1n) is 8.64. The van der Waals surface area contributed by atoms with Crippen LogP contribution in [0.3, 0.4) is 0 Å². The summed E-state index contributed by atoms with van der Waals surface area (Å²) >= 11 is 0. The van der Waals surface area contributed by atoms with Crippen LogP contribution in [0.25, 0.3) is 0 Å². The highest BCUT2D eigenvalue weighted by Crippen LogP contribution is 2.30. The van der Waals surface area contributed by atoms with E-state index in [1.165, 1.54) is 50.5 Å². The van der Waals surface area contributed by atoms with Gasteiger partial charge in [0.25, 0.3) is 0 Å². The van der Waals surface area contributed by atoms with Crippen molar-refractivity contribution in [2.24, 2.45) is 5.92 Å². The third-order valence-electron chi connectivity index (χ3n) is 4.49. The van der Waals surface area contributed by atoms with Crippen molar-refractivity contribution in [3.63, 3.8) is 0 Å². The number of rotatable bonds is 8. The Morgan fingerprint density at radius 2 is 2.05 bits per heavy atom. The van der Waals surface area contributed by atoms with E-state index < -0.39 is 0 Å². The molecular formula is C18H30N2O. The molecule has 0 bridgehead atoms. The second-order valence-corrected chi connectivity index (χ2v) is 6.08. The van der Waals surface area contributed by atoms with Gasteiger partial charge in [-0.25, -0.2) is 0 Å². The summed E-state index contributed by atoms with van der Waals surface area (Å²) in [5, 5.41) is 3.61. The molecule has 1 aliphatic rings. The van der Waals surface area contributed by atoms with Gasteiger partial charge in [0.2, 0.25) is 0 Å². The minimum absolute atomic E-state index is 0.407. The molecular weight excluding hydrogens is 260 g/mol. The molecule has 1 aliphatic carbocycles. The maximum atomic E-state index is 5.58. The molecule has 3 nitrogen and oxygen atoms in total. The van der Waals surface area contributed by atoms with Crippen molar-refractivity contribution in [1.82, 2.24) is 10.3 Å². The lowest BCUT2D eigenvalue weighted by atomic mass is 9.84. The van der Waals surface area contributed by atoms with Gasteiger partial charge >= 0.3 is 0 Å². The Bertz CT molecular complexity index is 402. The molecule has 2 rings (SSSR count). The monoisotopic (exact) mass is 290 g/mol. The van der Waals surface area contributed by atoms with E-state index in [9.17, 15) is 0 Å². The quantitative estimate of drug-likeness (QED) is 0.766. The maximum Gasteiger partial charge on any atom is 0.137 e. The zero-order valence-corrected chi connectivity index (χ0v) is 13.6. The zero-order chi connectivity index (χ0) is 14.9. The third kappa shape index (κ3) is 5.31. The van der Waals surface area contributed by atoms with E-state index in [0.717, 1.165) is 18.2 Å². The molecule has 0 spiro atoms. The molecule has 1 unspecified atom stereocenters. The van der Waals surface area contributed by atoms with Crippen LogP contribution in [0.5, 0.6) is 5.75 Å². The molecule has 0 aliphatic heterocycles. The molecule has 1 fully saturated rings. The van der Waals surface area contributed by atoms with Gasteiger partial charge in [-0.05, 0) is 43.9 Å². The summed E-state index contributed by atoms with van der Waals surface area (Å²) in [6.07, 6.45) is 13.5. The number of ether oxygens (including phenoxy) is 1. The van der Waals surface area contributed by atoms with Gasteiger partial charge in [-0.1, -0.05) is 39.0 Å². The first-order chi connectivity index (χ1) is 10.3. The molecule has 1 atom stereocenters. The van der Waals surface area contributed by atoms with Crippen molar-refractivity contribution in [3.05, 3.63) is 24.0 Å². The number of nitrogens with zero attached hydrogens (tertiary/aromatic N) is 1. The van der Waals surface area contributed by atoms with Crippen LogP contribution in [0, 0.1) is 5.92 Å². The number of hydrogen-bond acceptors (Lipinski definition) is 3. The summed E-state index contributed by atoms with van der Waals surface area (Å²) < 4.78 is 5.58. The highest BCUT2D eigenvalue weighted by Gasteiger charge is 2.17. The number of hydrogen-bond donors (Lipinski definition) is 1. The van der Waals surface area contributed by atoms with Crippen molar-refractivity contribution in [2.75, 3.05) is 13.2 Å². The lowest BCUT2D eigenvalue weighted by Gasteiger charge is -2.25. The molecule has 1 saturated carbocycles. The van der Waals surface area contributed by atoms with Crippen LogP contribution in [0.2, 0.25) is 0 Å². The summed E-state index contributed by atoms with van der Waals surface area (Å²) in [6, 6.07) is 2.55. The SMILES string of the molecule is CCNC(CCC1CCCCC1)c1cncc(OCC)c1. The molecule has 0 saturated heterocycles. The van der Waals surface area contributed by atoms with Crippen LogP contribution in [0.1, 0.15) is 70.4 Å². The fourth-order valence-electron chi connectivity index (χ4n) is 3.38. The second kappa shape index (κ2) is 9.04. The topological polar surface area (TPSA) is 34.2 Å². The largest absolute Gasteiger partial charge is 0.492 e. The molecule has 21 heavy (non-hydrogen) atoms. The predicted octanol–water partition coefficient (Wildman–Crippen LogP) is 4.49. The van der Waals surface area contributed by atoms with E-state index >= 15 is 0 Å². The molecule has 0 aromatic carbocycles. The van der Waals surface area contributed by atoms with Crippen LogP contribution >= 0.6 is 0 Å². The molecule has 118 valence electrons. The minimum atomic E-state index is 0.407. The van der Waals surface area contributed by atoms with E-state index in [0.29, 0.717) is 12.6 Å². The smallest absolute Gasteiger partial charge is 0.137 e. The summed E-state index contributed by atoms with van der Waals surface area (Å²) in [6.45, 7) is 5.87. The molecule has 1 aromatic heterocycles. The summed E-state index contributed by atoms with van der Waals surface area (Å²) in [4.78, 5) is 4.34. The lowest BCUT2D eigenvalue weighted by Crippen LogP contribution is -2.22. The lowest BCUT2D eigenvalue weighted by molar-refractivity contribution is 0.314. The summed E-state index contributed by atoms with van der Waals surface area (Å²) in [5.41, 5.74) is 1.26. The van der Waals surface area contributed by atoms with Crippen LogP contribution < -0.4 is 10.1 Å². The summed E-state index contributed by atoms with van der Waals surface area (Å²) in [7, 11) is 0. The number of nitrogens with one attached hydrogen (secondary N) is 1. The van der Waals surface area contributed by atoms with Gasteiger partial charge in [0, 0.05) is 12.2 Å². The minimum Gasteiger partial charge on any atom is -0.492 e. The number of aromatic nitrogens is 1. The van der Waals surface area contributed by atoms with Crippen molar-refractivity contribution < 1.29 is 4.74 Å². The van der Waals surface area contributed by atoms with E-state index in [1.807, 2.05) is 13.1 Å². The third-order valence-corrected chi connectivity index (χ3v) is 4.49. The Balaban J connectivity index is 1.94. The Morgan fingerprint density at radius 1 is 1.24 bits per heavy atom. The molecule has 1 aromatic rings. The molecule has 1 N–H and O–H groups in total. The van der Waals surface area contributed by atoms with Crippen LogP contribution in [-0.4, -0.2) is 18.1 Å². The first-order valence-corrected chi connectivity index (χ1v) is 8.64. The second-order valence-electron chi connectivity index (χ2n) is 6.08. The van der Waals surface area contributed by atoms with Gasteiger partial charge in [-0.3, -0.25) is 4.98 Å². The highest BCUT2D eigenvalue weighted by molar-refractivity contribution is 5.26. The Labute approximate surface area is 129 Å².